The van der Waals surface area contributed by atoms with Gasteiger partial charge in [-0.1, -0.05) is 0 Å². The molecule has 1 aromatic heterocycles. The standard InChI is InChI=1S/C16H17N3O4/c1-9-6-7-19(15(21)13(9)16(22)23)10-4-5-12(18(2)3)11(8-10)14(17)20/h4-8H,1-3H3,(H2,17,20)(H,22,23). The number of nitrogens with zero attached hydrogens (tertiary/aromatic N) is 2. The Balaban J connectivity index is 2.71. The first-order valence-electron chi connectivity index (χ1n) is 6.81. The first-order chi connectivity index (χ1) is 10.7. The fourth-order valence-corrected chi connectivity index (χ4v) is 2.35. The van der Waals surface area contributed by atoms with Crippen LogP contribution in [0.15, 0.2) is 35.3 Å². The summed E-state index contributed by atoms with van der Waals surface area (Å²) in [4.78, 5) is 37.0. The quantitative estimate of drug-likeness (QED) is 0.876. The number of carboxylic acid groups (broad SMARTS) is 1. The SMILES string of the molecule is Cc1ccn(-c2ccc(N(C)C)c(C(N)=O)c2)c(=O)c1C(=O)O. The predicted octanol–water partition coefficient (Wildman–Crippen LogP) is 1.01. The topological polar surface area (TPSA) is 106 Å². The van der Waals surface area contributed by atoms with Gasteiger partial charge in [-0.05, 0) is 36.8 Å². The highest BCUT2D eigenvalue weighted by Crippen LogP contribution is 2.21. The zero-order chi connectivity index (χ0) is 17.3. The van der Waals surface area contributed by atoms with Crippen LogP contribution in [0.4, 0.5) is 5.69 Å². The van der Waals surface area contributed by atoms with Crippen molar-refractivity contribution in [1.29, 1.82) is 0 Å². The van der Waals surface area contributed by atoms with Gasteiger partial charge in [-0.15, -0.1) is 0 Å². The Hall–Kier alpha value is -3.09. The average Bonchev–Trinajstić information content (AvgIpc) is 2.46. The fourth-order valence-electron chi connectivity index (χ4n) is 2.35. The van der Waals surface area contributed by atoms with Crippen LogP contribution in [0.2, 0.25) is 0 Å². The average molecular weight is 315 g/mol. The number of aryl methyl sites for hydroxylation is 1. The van der Waals surface area contributed by atoms with E-state index in [-0.39, 0.29) is 11.1 Å². The van der Waals surface area contributed by atoms with Crippen molar-refractivity contribution in [2.24, 2.45) is 5.73 Å². The Kier molecular flexibility index (Phi) is 4.22. The van der Waals surface area contributed by atoms with Crippen molar-refractivity contribution in [2.45, 2.75) is 6.92 Å². The van der Waals surface area contributed by atoms with Gasteiger partial charge in [0.05, 0.1) is 5.56 Å². The Labute approximate surface area is 132 Å². The van der Waals surface area contributed by atoms with Gasteiger partial charge in [-0.3, -0.25) is 14.2 Å². The third-order valence-corrected chi connectivity index (χ3v) is 3.52. The van der Waals surface area contributed by atoms with Crippen molar-refractivity contribution in [3.63, 3.8) is 0 Å². The minimum atomic E-state index is -1.29. The molecule has 0 aliphatic heterocycles. The monoisotopic (exact) mass is 315 g/mol. The van der Waals surface area contributed by atoms with Gasteiger partial charge in [0.2, 0.25) is 0 Å². The second kappa shape index (κ2) is 5.96. The van der Waals surface area contributed by atoms with Crippen LogP contribution in [-0.2, 0) is 0 Å². The molecule has 3 N–H and O–H groups in total. The number of carboxylic acids is 1. The smallest absolute Gasteiger partial charge is 0.341 e. The molecule has 0 radical (unpaired) electrons. The van der Waals surface area contributed by atoms with Crippen molar-refractivity contribution in [1.82, 2.24) is 4.57 Å². The maximum Gasteiger partial charge on any atom is 0.341 e. The molecule has 7 heteroatoms. The van der Waals surface area contributed by atoms with Crippen LogP contribution < -0.4 is 16.2 Å². The van der Waals surface area contributed by atoms with Crippen molar-refractivity contribution < 1.29 is 14.7 Å². The first-order valence-corrected chi connectivity index (χ1v) is 6.81. The zero-order valence-electron chi connectivity index (χ0n) is 13.0. The summed E-state index contributed by atoms with van der Waals surface area (Å²) in [7, 11) is 3.53. The van der Waals surface area contributed by atoms with Crippen molar-refractivity contribution in [2.75, 3.05) is 19.0 Å². The predicted molar refractivity (Wildman–Crippen MR) is 86.6 cm³/mol. The summed E-state index contributed by atoms with van der Waals surface area (Å²) >= 11 is 0. The molecule has 0 saturated carbocycles. The molecule has 0 saturated heterocycles. The number of carbonyl (C=O) groups excluding carboxylic acids is 1. The van der Waals surface area contributed by atoms with E-state index in [1.807, 2.05) is 0 Å². The number of aromatic carboxylic acids is 1. The summed E-state index contributed by atoms with van der Waals surface area (Å²) in [5.41, 5.74) is 6.03. The minimum absolute atomic E-state index is 0.247. The third kappa shape index (κ3) is 2.94. The van der Waals surface area contributed by atoms with Crippen molar-refractivity contribution >= 4 is 17.6 Å². The van der Waals surface area contributed by atoms with Crippen LogP contribution in [0, 0.1) is 6.92 Å². The van der Waals surface area contributed by atoms with E-state index in [1.54, 1.807) is 38.1 Å². The molecule has 2 rings (SSSR count). The molecule has 0 bridgehead atoms. The van der Waals surface area contributed by atoms with E-state index < -0.39 is 17.4 Å². The number of aromatic nitrogens is 1. The lowest BCUT2D eigenvalue weighted by molar-refractivity contribution is 0.0693. The Morgan fingerprint density at radius 3 is 2.39 bits per heavy atom. The first kappa shape index (κ1) is 16.3. The van der Waals surface area contributed by atoms with E-state index >= 15 is 0 Å². The van der Waals surface area contributed by atoms with E-state index in [0.717, 1.165) is 0 Å². The molecule has 0 fully saturated rings. The van der Waals surface area contributed by atoms with Crippen LogP contribution in [0.5, 0.6) is 0 Å². The number of carbonyl (C=O) groups is 2. The van der Waals surface area contributed by atoms with Gasteiger partial charge in [0.15, 0.2) is 0 Å². The summed E-state index contributed by atoms with van der Waals surface area (Å²) in [6, 6.07) is 6.29. The lowest BCUT2D eigenvalue weighted by Crippen LogP contribution is -2.26. The number of nitrogens with two attached hydrogens (primary N) is 1. The largest absolute Gasteiger partial charge is 0.477 e. The number of hydrogen-bond donors (Lipinski definition) is 2. The molecule has 1 amide bonds. The highest BCUT2D eigenvalue weighted by molar-refractivity contribution is 5.99. The van der Waals surface area contributed by atoms with Crippen molar-refractivity contribution in [3.05, 3.63) is 57.5 Å². The van der Waals surface area contributed by atoms with Crippen LogP contribution >= 0.6 is 0 Å². The van der Waals surface area contributed by atoms with E-state index in [2.05, 4.69) is 0 Å². The summed E-state index contributed by atoms with van der Waals surface area (Å²) in [5.74, 6) is -1.92. The van der Waals surface area contributed by atoms with E-state index in [1.165, 1.54) is 22.9 Å². The van der Waals surface area contributed by atoms with Crippen molar-refractivity contribution in [3.8, 4) is 5.69 Å². The highest BCUT2D eigenvalue weighted by atomic mass is 16.4. The summed E-state index contributed by atoms with van der Waals surface area (Å²) in [6.07, 6.45) is 1.47. The Morgan fingerprint density at radius 1 is 1.22 bits per heavy atom. The summed E-state index contributed by atoms with van der Waals surface area (Å²) in [6.45, 7) is 1.55. The second-order valence-electron chi connectivity index (χ2n) is 5.31. The molecule has 7 nitrogen and oxygen atoms in total. The molecule has 2 aromatic rings. The lowest BCUT2D eigenvalue weighted by Gasteiger charge is -2.17. The van der Waals surface area contributed by atoms with E-state index in [0.29, 0.717) is 16.9 Å². The second-order valence-corrected chi connectivity index (χ2v) is 5.31. The number of hydrogen-bond acceptors (Lipinski definition) is 4. The maximum atomic E-state index is 12.4. The lowest BCUT2D eigenvalue weighted by atomic mass is 10.1. The van der Waals surface area contributed by atoms with Crippen LogP contribution in [0.1, 0.15) is 26.3 Å². The minimum Gasteiger partial charge on any atom is -0.477 e. The normalized spacial score (nSPS) is 10.4. The van der Waals surface area contributed by atoms with Gasteiger partial charge in [0.25, 0.3) is 11.5 Å². The Morgan fingerprint density at radius 2 is 1.87 bits per heavy atom. The van der Waals surface area contributed by atoms with E-state index in [9.17, 15) is 19.5 Å². The molecule has 23 heavy (non-hydrogen) atoms. The van der Waals surface area contributed by atoms with Crippen LogP contribution in [0.25, 0.3) is 5.69 Å². The molecule has 0 atom stereocenters. The number of benzene rings is 1. The molecule has 0 aliphatic carbocycles. The third-order valence-electron chi connectivity index (χ3n) is 3.52. The van der Waals surface area contributed by atoms with Gasteiger partial charge in [0, 0.05) is 31.7 Å². The molecular weight excluding hydrogens is 298 g/mol. The summed E-state index contributed by atoms with van der Waals surface area (Å²) in [5, 5.41) is 9.18. The molecular formula is C16H17N3O4. The number of amides is 1. The number of anilines is 1. The highest BCUT2D eigenvalue weighted by Gasteiger charge is 2.17. The van der Waals surface area contributed by atoms with E-state index in [4.69, 9.17) is 5.73 Å². The van der Waals surface area contributed by atoms with Gasteiger partial charge in [-0.25, -0.2) is 4.79 Å². The summed E-state index contributed by atoms with van der Waals surface area (Å²) < 4.78 is 1.18. The molecule has 1 aromatic carbocycles. The zero-order valence-corrected chi connectivity index (χ0v) is 13.0. The molecule has 0 aliphatic rings. The van der Waals surface area contributed by atoms with Gasteiger partial charge in [0.1, 0.15) is 5.56 Å². The van der Waals surface area contributed by atoms with Crippen LogP contribution in [0.3, 0.4) is 0 Å². The number of pyridine rings is 1. The number of primary amides is 1. The molecule has 0 spiro atoms. The fraction of sp³-hybridized carbons (Fsp3) is 0.188. The molecule has 1 heterocycles. The number of rotatable bonds is 4. The van der Waals surface area contributed by atoms with Gasteiger partial charge in [-0.2, -0.15) is 0 Å². The van der Waals surface area contributed by atoms with Gasteiger partial charge < -0.3 is 15.7 Å². The van der Waals surface area contributed by atoms with Crippen LogP contribution in [-0.4, -0.2) is 35.6 Å². The molecule has 0 unspecified atom stereocenters. The molecule has 120 valence electrons. The maximum absolute atomic E-state index is 12.4. The van der Waals surface area contributed by atoms with Gasteiger partial charge >= 0.3 is 5.97 Å². The Bertz CT molecular complexity index is 853.